The number of halogens is 17. The third-order valence-electron chi connectivity index (χ3n) is 6.17. The number of nitrogens with zero attached hydrogens (tertiary/aromatic N) is 2. The van der Waals surface area contributed by atoms with Crippen molar-refractivity contribution >= 4 is 34.2 Å². The standard InChI is InChI=1S/C15H5F8N.C8H5BF6O2.C7H2BrF2N/c1-24-12-5-7(4-11(16)13(12)17)9-3-2-8(14(18,19)20)6-10(9)15(21,22)23;10-7(11,12)4-1-2-6(9(16)17)5(3-4)8(13,14)15;8-5-1-4(3-11)7(10)6(9)2-5/h2-6H;1-3,16-17H;1-2H. The first-order valence-corrected chi connectivity index (χ1v) is 13.8. The first-order valence-electron chi connectivity index (χ1n) is 13.0. The lowest BCUT2D eigenvalue weighted by atomic mass is 9.76. The summed E-state index contributed by atoms with van der Waals surface area (Å²) in [5.74, 6) is -5.24. The van der Waals surface area contributed by atoms with Crippen LogP contribution in [0.25, 0.3) is 16.0 Å². The molecule has 0 fully saturated rings. The van der Waals surface area contributed by atoms with Gasteiger partial charge in [0, 0.05) is 4.47 Å². The van der Waals surface area contributed by atoms with Crippen LogP contribution in [-0.4, -0.2) is 17.2 Å². The second-order valence-electron chi connectivity index (χ2n) is 9.69. The maximum atomic E-state index is 13.4. The van der Waals surface area contributed by atoms with Gasteiger partial charge in [-0.2, -0.15) is 57.9 Å². The Labute approximate surface area is 289 Å². The van der Waals surface area contributed by atoms with Crippen molar-refractivity contribution in [3.8, 4) is 17.2 Å². The van der Waals surface area contributed by atoms with Gasteiger partial charge in [0.1, 0.15) is 11.9 Å². The monoisotopic (exact) mass is 826 g/mol. The van der Waals surface area contributed by atoms with Gasteiger partial charge >= 0.3 is 31.8 Å². The summed E-state index contributed by atoms with van der Waals surface area (Å²) in [6.07, 6.45) is -20.2. The summed E-state index contributed by atoms with van der Waals surface area (Å²) in [6.45, 7) is 6.68. The molecule has 0 bridgehead atoms. The Hall–Kier alpha value is -4.80. The van der Waals surface area contributed by atoms with Gasteiger partial charge in [-0.1, -0.05) is 34.1 Å². The zero-order chi connectivity index (χ0) is 40.1. The van der Waals surface area contributed by atoms with Crippen molar-refractivity contribution in [1.82, 2.24) is 0 Å². The summed E-state index contributed by atoms with van der Waals surface area (Å²) in [4.78, 5) is 2.64. The lowest BCUT2D eigenvalue weighted by Crippen LogP contribution is -2.36. The summed E-state index contributed by atoms with van der Waals surface area (Å²) < 4.78 is 203. The van der Waals surface area contributed by atoms with Crippen molar-refractivity contribution in [1.29, 1.82) is 5.26 Å². The smallest absolute Gasteiger partial charge is 0.423 e. The molecule has 0 atom stereocenters. The molecule has 0 aliphatic rings. The van der Waals surface area contributed by atoms with Crippen LogP contribution in [-0.2, 0) is 24.7 Å². The molecule has 2 N–H and O–H groups in total. The van der Waals surface area contributed by atoms with Crippen LogP contribution >= 0.6 is 15.9 Å². The minimum atomic E-state index is -5.17. The summed E-state index contributed by atoms with van der Waals surface area (Å²) in [6, 6.07) is 6.11. The van der Waals surface area contributed by atoms with Gasteiger partial charge in [0.25, 0.3) is 0 Å². The minimum absolute atomic E-state index is 0.117. The van der Waals surface area contributed by atoms with Gasteiger partial charge in [-0.05, 0) is 59.1 Å². The number of hydrogen-bond donors (Lipinski definition) is 2. The summed E-state index contributed by atoms with van der Waals surface area (Å²) >= 11 is 2.93. The molecule has 276 valence electrons. The van der Waals surface area contributed by atoms with Crippen LogP contribution in [0.5, 0.6) is 0 Å². The Bertz CT molecular complexity index is 2010. The van der Waals surface area contributed by atoms with Gasteiger partial charge < -0.3 is 10.0 Å². The Kier molecular flexibility index (Phi) is 13.6. The summed E-state index contributed by atoms with van der Waals surface area (Å²) in [7, 11) is -2.49. The van der Waals surface area contributed by atoms with E-state index in [-0.39, 0.29) is 17.7 Å². The average molecular weight is 827 g/mol. The average Bonchev–Trinajstić information content (AvgIpc) is 3.02. The van der Waals surface area contributed by atoms with E-state index in [0.29, 0.717) is 40.9 Å². The Morgan fingerprint density at radius 3 is 1.56 bits per heavy atom. The van der Waals surface area contributed by atoms with Crippen LogP contribution in [0.4, 0.5) is 75.9 Å². The van der Waals surface area contributed by atoms with Crippen molar-refractivity contribution in [2.75, 3.05) is 0 Å². The molecule has 0 amide bonds. The Morgan fingerprint density at radius 1 is 0.635 bits per heavy atom. The van der Waals surface area contributed by atoms with Crippen LogP contribution in [0.2, 0.25) is 0 Å². The minimum Gasteiger partial charge on any atom is -0.423 e. The fourth-order valence-electron chi connectivity index (χ4n) is 3.86. The third-order valence-corrected chi connectivity index (χ3v) is 6.63. The molecule has 0 aliphatic heterocycles. The molecule has 0 aromatic heterocycles. The van der Waals surface area contributed by atoms with Gasteiger partial charge in [-0.25, -0.2) is 22.4 Å². The van der Waals surface area contributed by atoms with Gasteiger partial charge in [0.2, 0.25) is 5.69 Å². The van der Waals surface area contributed by atoms with Crippen LogP contribution in [0, 0.1) is 41.2 Å². The van der Waals surface area contributed by atoms with Crippen molar-refractivity contribution in [3.05, 3.63) is 128 Å². The highest BCUT2D eigenvalue weighted by atomic mass is 79.9. The number of nitriles is 1. The second kappa shape index (κ2) is 16.3. The Morgan fingerprint density at radius 2 is 1.12 bits per heavy atom. The largest absolute Gasteiger partial charge is 0.489 e. The molecule has 0 saturated heterocycles. The van der Waals surface area contributed by atoms with Crippen LogP contribution < -0.4 is 5.46 Å². The van der Waals surface area contributed by atoms with Gasteiger partial charge in [-0.15, -0.1) is 0 Å². The van der Waals surface area contributed by atoms with E-state index >= 15 is 0 Å². The van der Waals surface area contributed by atoms with E-state index in [0.717, 1.165) is 6.07 Å². The molecular formula is C30H12BBrF16N2O2. The normalized spacial score (nSPS) is 11.7. The van der Waals surface area contributed by atoms with Crippen molar-refractivity contribution in [2.45, 2.75) is 24.7 Å². The van der Waals surface area contributed by atoms with E-state index in [1.807, 2.05) is 0 Å². The molecule has 22 heteroatoms. The molecule has 4 nitrogen and oxygen atoms in total. The molecule has 52 heavy (non-hydrogen) atoms. The van der Waals surface area contributed by atoms with Crippen LogP contribution in [0.1, 0.15) is 27.8 Å². The van der Waals surface area contributed by atoms with Gasteiger partial charge in [0.05, 0.1) is 34.4 Å². The van der Waals surface area contributed by atoms with Crippen LogP contribution in [0.3, 0.4) is 0 Å². The lowest BCUT2D eigenvalue weighted by Gasteiger charge is -2.16. The topological polar surface area (TPSA) is 68.6 Å². The van der Waals surface area contributed by atoms with E-state index in [9.17, 15) is 70.2 Å². The van der Waals surface area contributed by atoms with Crippen molar-refractivity contribution in [2.24, 2.45) is 0 Å². The van der Waals surface area contributed by atoms with E-state index in [1.54, 1.807) is 0 Å². The lowest BCUT2D eigenvalue weighted by molar-refractivity contribution is -0.144. The highest BCUT2D eigenvalue weighted by molar-refractivity contribution is 9.10. The molecule has 4 rings (SSSR count). The molecular weight excluding hydrogens is 815 g/mol. The van der Waals surface area contributed by atoms with Crippen molar-refractivity contribution < 1.29 is 80.3 Å². The molecule has 0 radical (unpaired) electrons. The SMILES string of the molecule is N#Cc1cc(Br)cc(F)c1F.OB(O)c1ccc(C(F)(F)F)cc1C(F)(F)F.[C-]#[N+]c1cc(-c2ccc(C(F)(F)F)cc2C(F)(F)F)cc(F)c1F. The third kappa shape index (κ3) is 11.1. The predicted octanol–water partition coefficient (Wildman–Crippen LogP) is 10.2. The van der Waals surface area contributed by atoms with Crippen LogP contribution in [0.15, 0.2) is 65.1 Å². The highest BCUT2D eigenvalue weighted by Crippen LogP contribution is 2.42. The summed E-state index contributed by atoms with van der Waals surface area (Å²) in [5.41, 5.74) is -9.97. The predicted molar refractivity (Wildman–Crippen MR) is 153 cm³/mol. The molecule has 0 spiro atoms. The van der Waals surface area contributed by atoms with Crippen molar-refractivity contribution in [3.63, 3.8) is 0 Å². The molecule has 4 aromatic carbocycles. The quantitative estimate of drug-likeness (QED) is 0.0916. The van der Waals surface area contributed by atoms with E-state index < -0.39 is 99.6 Å². The Balaban J connectivity index is 0.000000291. The van der Waals surface area contributed by atoms with E-state index in [2.05, 4.69) is 20.8 Å². The van der Waals surface area contributed by atoms with E-state index in [1.165, 1.54) is 12.1 Å². The summed E-state index contributed by atoms with van der Waals surface area (Å²) in [5, 5.41) is 25.6. The number of hydrogen-bond acceptors (Lipinski definition) is 3. The van der Waals surface area contributed by atoms with E-state index in [4.69, 9.17) is 21.9 Å². The second-order valence-corrected chi connectivity index (χ2v) is 10.6. The molecule has 0 saturated carbocycles. The number of benzene rings is 4. The maximum absolute atomic E-state index is 13.4. The maximum Gasteiger partial charge on any atom is 0.489 e. The zero-order valence-electron chi connectivity index (χ0n) is 24.6. The molecule has 0 unspecified atom stereocenters. The first kappa shape index (κ1) is 43.4. The molecule has 4 aromatic rings. The highest BCUT2D eigenvalue weighted by Gasteiger charge is 2.40. The number of rotatable bonds is 2. The molecule has 0 aliphatic carbocycles. The number of alkyl halides is 12. The van der Waals surface area contributed by atoms with Gasteiger partial charge in [-0.3, -0.25) is 0 Å². The fraction of sp³-hybridized carbons (Fsp3) is 0.133. The van der Waals surface area contributed by atoms with Gasteiger partial charge in [0.15, 0.2) is 17.5 Å². The zero-order valence-corrected chi connectivity index (χ0v) is 26.2. The first-order chi connectivity index (χ1) is 23.6. The molecule has 0 heterocycles. The fourth-order valence-corrected chi connectivity index (χ4v) is 4.29.